The molecule has 1 aliphatic heterocycles. The van der Waals surface area contributed by atoms with Crippen LogP contribution in [0, 0.1) is 0 Å². The van der Waals surface area contributed by atoms with E-state index in [1.165, 1.54) is 11.9 Å². The van der Waals surface area contributed by atoms with E-state index in [-0.39, 0.29) is 12.5 Å². The summed E-state index contributed by atoms with van der Waals surface area (Å²) in [6, 6.07) is 19.4. The van der Waals surface area contributed by atoms with Crippen LogP contribution in [0.1, 0.15) is 20.8 Å². The highest BCUT2D eigenvalue weighted by atomic mass is 35.5. The van der Waals surface area contributed by atoms with Crippen LogP contribution in [0.5, 0.6) is 0 Å². The number of esters is 1. The average Bonchev–Trinajstić information content (AvgIpc) is 2.91. The SMILES string of the molecule is CC(C)(C)OC(=O)CN(Sc1cc(Cl)cc(Cl)c1)c1cccc2c(-c3ccnc(N4CCOCC4)n3)cccc12. The van der Waals surface area contributed by atoms with E-state index in [9.17, 15) is 4.79 Å². The first-order chi connectivity index (χ1) is 19.2. The number of hydrogen-bond acceptors (Lipinski definition) is 8. The first-order valence-electron chi connectivity index (χ1n) is 13.0. The molecule has 1 aromatic heterocycles. The van der Waals surface area contributed by atoms with Crippen LogP contribution >= 0.6 is 35.1 Å². The molecule has 0 bridgehead atoms. The lowest BCUT2D eigenvalue weighted by atomic mass is 10.0. The lowest BCUT2D eigenvalue weighted by Crippen LogP contribution is -2.37. The standard InChI is InChI=1S/C30H30Cl2N4O3S/c1-30(2,3)39-28(37)19-36(40-22-17-20(31)16-21(32)18-22)27-9-5-6-23-24(7-4-8-25(23)27)26-10-11-33-29(34-26)35-12-14-38-15-13-35/h4-11,16-18H,12-15,19H2,1-3H3. The van der Waals surface area contributed by atoms with Gasteiger partial charge >= 0.3 is 5.97 Å². The summed E-state index contributed by atoms with van der Waals surface area (Å²) < 4.78 is 13.1. The highest BCUT2D eigenvalue weighted by molar-refractivity contribution is 8.00. The predicted molar refractivity (Wildman–Crippen MR) is 164 cm³/mol. The summed E-state index contributed by atoms with van der Waals surface area (Å²) in [5.41, 5.74) is 2.05. The molecule has 1 saturated heterocycles. The van der Waals surface area contributed by atoms with E-state index in [1.54, 1.807) is 12.3 Å². The molecule has 1 aliphatic rings. The molecular formula is C30H30Cl2N4O3S. The van der Waals surface area contributed by atoms with Crippen LogP contribution < -0.4 is 9.21 Å². The maximum atomic E-state index is 13.0. The number of hydrogen-bond donors (Lipinski definition) is 0. The molecule has 3 aromatic carbocycles. The smallest absolute Gasteiger partial charge is 0.327 e. The summed E-state index contributed by atoms with van der Waals surface area (Å²) in [5, 5.41) is 3.01. The molecular weight excluding hydrogens is 567 g/mol. The second kappa shape index (κ2) is 12.2. The summed E-state index contributed by atoms with van der Waals surface area (Å²) in [7, 11) is 0. The molecule has 0 amide bonds. The van der Waals surface area contributed by atoms with E-state index < -0.39 is 5.60 Å². The molecule has 0 atom stereocenters. The van der Waals surface area contributed by atoms with E-state index in [2.05, 4.69) is 22.0 Å². The van der Waals surface area contributed by atoms with Gasteiger partial charge in [0.15, 0.2) is 0 Å². The van der Waals surface area contributed by atoms with E-state index in [0.29, 0.717) is 29.2 Å². The van der Waals surface area contributed by atoms with E-state index in [4.69, 9.17) is 37.7 Å². The normalized spacial score (nSPS) is 13.9. The number of carbonyl (C=O) groups is 1. The van der Waals surface area contributed by atoms with Crippen molar-refractivity contribution in [2.75, 3.05) is 42.1 Å². The van der Waals surface area contributed by atoms with E-state index >= 15 is 0 Å². The Bertz CT molecular complexity index is 1500. The third-order valence-electron chi connectivity index (χ3n) is 6.12. The Balaban J connectivity index is 1.55. The first kappa shape index (κ1) is 28.5. The van der Waals surface area contributed by atoms with Crippen LogP contribution in [0.3, 0.4) is 0 Å². The van der Waals surface area contributed by atoms with Gasteiger partial charge in [0.2, 0.25) is 5.95 Å². The third kappa shape index (κ3) is 6.99. The van der Waals surface area contributed by atoms with Gasteiger partial charge in [0, 0.05) is 45.2 Å². The summed E-state index contributed by atoms with van der Waals surface area (Å²) >= 11 is 14.0. The van der Waals surface area contributed by atoms with Crippen molar-refractivity contribution in [3.8, 4) is 11.3 Å². The van der Waals surface area contributed by atoms with E-state index in [0.717, 1.165) is 45.7 Å². The highest BCUT2D eigenvalue weighted by Gasteiger charge is 2.23. The van der Waals surface area contributed by atoms with Gasteiger partial charge in [0.05, 0.1) is 24.6 Å². The Morgan fingerprint density at radius 1 is 1.02 bits per heavy atom. The molecule has 1 fully saturated rings. The summed E-state index contributed by atoms with van der Waals surface area (Å²) in [6.07, 6.45) is 1.80. The fourth-order valence-electron chi connectivity index (χ4n) is 4.51. The number of nitrogens with zero attached hydrogens (tertiary/aromatic N) is 4. The van der Waals surface area contributed by atoms with Gasteiger partial charge in [-0.25, -0.2) is 9.97 Å². The Labute approximate surface area is 248 Å². The summed E-state index contributed by atoms with van der Waals surface area (Å²) in [5.74, 6) is 0.348. The van der Waals surface area contributed by atoms with Crippen molar-refractivity contribution in [2.45, 2.75) is 31.3 Å². The van der Waals surface area contributed by atoms with Crippen molar-refractivity contribution in [2.24, 2.45) is 0 Å². The minimum Gasteiger partial charge on any atom is -0.459 e. The molecule has 5 rings (SSSR count). The minimum atomic E-state index is -0.607. The quantitative estimate of drug-likeness (QED) is 0.163. The number of halogens is 2. The number of rotatable bonds is 7. The second-order valence-electron chi connectivity index (χ2n) is 10.3. The zero-order valence-corrected chi connectivity index (χ0v) is 24.9. The number of anilines is 2. The van der Waals surface area contributed by atoms with Crippen molar-refractivity contribution >= 4 is 63.5 Å². The van der Waals surface area contributed by atoms with Gasteiger partial charge in [-0.3, -0.25) is 4.79 Å². The van der Waals surface area contributed by atoms with Crippen molar-refractivity contribution in [3.05, 3.63) is 76.9 Å². The van der Waals surface area contributed by atoms with Crippen LogP contribution in [0.2, 0.25) is 10.0 Å². The van der Waals surface area contributed by atoms with Gasteiger partial charge in [0.1, 0.15) is 12.1 Å². The second-order valence-corrected chi connectivity index (χ2v) is 12.3. The maximum Gasteiger partial charge on any atom is 0.327 e. The van der Waals surface area contributed by atoms with Gasteiger partial charge < -0.3 is 18.7 Å². The molecule has 10 heteroatoms. The van der Waals surface area contributed by atoms with Gasteiger partial charge in [-0.05, 0) is 68.4 Å². The molecule has 2 heterocycles. The minimum absolute atomic E-state index is 0.0180. The molecule has 7 nitrogen and oxygen atoms in total. The van der Waals surface area contributed by atoms with Gasteiger partial charge in [0.25, 0.3) is 0 Å². The van der Waals surface area contributed by atoms with Crippen molar-refractivity contribution in [1.82, 2.24) is 9.97 Å². The van der Waals surface area contributed by atoms with Crippen molar-refractivity contribution in [3.63, 3.8) is 0 Å². The number of carbonyl (C=O) groups excluding carboxylic acids is 1. The molecule has 0 N–H and O–H groups in total. The van der Waals surface area contributed by atoms with Crippen molar-refractivity contribution < 1.29 is 14.3 Å². The largest absolute Gasteiger partial charge is 0.459 e. The van der Waals surface area contributed by atoms with Crippen LogP contribution in [0.4, 0.5) is 11.6 Å². The zero-order valence-electron chi connectivity index (χ0n) is 22.6. The molecule has 0 aliphatic carbocycles. The fraction of sp³-hybridized carbons (Fsp3) is 0.300. The molecule has 0 saturated carbocycles. The number of aromatic nitrogens is 2. The molecule has 40 heavy (non-hydrogen) atoms. The maximum absolute atomic E-state index is 13.0. The number of fused-ring (bicyclic) bond motifs is 1. The Morgan fingerprint density at radius 2 is 1.73 bits per heavy atom. The molecule has 208 valence electrons. The molecule has 0 radical (unpaired) electrons. The fourth-order valence-corrected chi connectivity index (χ4v) is 6.21. The summed E-state index contributed by atoms with van der Waals surface area (Å²) in [4.78, 5) is 25.4. The molecule has 0 unspecified atom stereocenters. The number of morpholine rings is 1. The zero-order chi connectivity index (χ0) is 28.3. The van der Waals surface area contributed by atoms with Crippen molar-refractivity contribution in [1.29, 1.82) is 0 Å². The average molecular weight is 598 g/mol. The Hall–Kier alpha value is -3.04. The van der Waals surface area contributed by atoms with Crippen LogP contribution in [0.15, 0.2) is 71.8 Å². The van der Waals surface area contributed by atoms with Gasteiger partial charge in [-0.2, -0.15) is 0 Å². The Morgan fingerprint density at radius 3 is 2.45 bits per heavy atom. The van der Waals surface area contributed by atoms with Crippen LogP contribution in [0.25, 0.3) is 22.0 Å². The number of ether oxygens (including phenoxy) is 2. The molecule has 4 aromatic rings. The van der Waals surface area contributed by atoms with Crippen LogP contribution in [-0.2, 0) is 14.3 Å². The first-order valence-corrected chi connectivity index (χ1v) is 14.5. The Kier molecular flexibility index (Phi) is 8.71. The van der Waals surface area contributed by atoms with Crippen LogP contribution in [-0.4, -0.2) is 54.4 Å². The van der Waals surface area contributed by atoms with E-state index in [1.807, 2.05) is 67.5 Å². The monoisotopic (exact) mass is 596 g/mol. The predicted octanol–water partition coefficient (Wildman–Crippen LogP) is 7.30. The topological polar surface area (TPSA) is 67.8 Å². The lowest BCUT2D eigenvalue weighted by molar-refractivity contribution is -0.152. The third-order valence-corrected chi connectivity index (χ3v) is 7.55. The summed E-state index contributed by atoms with van der Waals surface area (Å²) in [6.45, 7) is 8.43. The van der Waals surface area contributed by atoms with Gasteiger partial charge in [-0.1, -0.05) is 53.5 Å². The molecule has 0 spiro atoms. The van der Waals surface area contributed by atoms with Gasteiger partial charge in [-0.15, -0.1) is 0 Å². The number of benzene rings is 3. The lowest BCUT2D eigenvalue weighted by Gasteiger charge is -2.27. The highest BCUT2D eigenvalue weighted by Crippen LogP contribution is 2.39.